The molecule has 4 N–H and O–H groups in total. The van der Waals surface area contributed by atoms with Gasteiger partial charge in [-0.05, 0) is 42.5 Å². The Bertz CT molecular complexity index is 1570. The summed E-state index contributed by atoms with van der Waals surface area (Å²) in [5.41, 5.74) is 6.09. The van der Waals surface area contributed by atoms with E-state index in [-0.39, 0.29) is 41.4 Å². The van der Waals surface area contributed by atoms with Gasteiger partial charge in [0.05, 0.1) is 10.9 Å². The van der Waals surface area contributed by atoms with Gasteiger partial charge in [0, 0.05) is 30.7 Å². The van der Waals surface area contributed by atoms with Crippen molar-refractivity contribution in [3.63, 3.8) is 0 Å². The fourth-order valence-electron chi connectivity index (χ4n) is 6.39. The molecule has 4 amide bonds. The van der Waals surface area contributed by atoms with Gasteiger partial charge in [0.2, 0.25) is 17.7 Å². The van der Waals surface area contributed by atoms with Crippen LogP contribution in [-0.2, 0) is 19.8 Å². The third kappa shape index (κ3) is 4.02. The second-order valence-corrected chi connectivity index (χ2v) is 11.2. The van der Waals surface area contributed by atoms with Crippen molar-refractivity contribution in [3.05, 3.63) is 65.4 Å². The average molecular weight is 550 g/mol. The van der Waals surface area contributed by atoms with Gasteiger partial charge in [0.1, 0.15) is 29.4 Å². The fourth-order valence-corrected chi connectivity index (χ4v) is 6.39. The number of rotatable bonds is 6. The quantitative estimate of drug-likeness (QED) is 0.437. The van der Waals surface area contributed by atoms with Crippen LogP contribution in [0.25, 0.3) is 10.9 Å². The van der Waals surface area contributed by atoms with Crippen LogP contribution in [0.2, 0.25) is 0 Å². The van der Waals surface area contributed by atoms with E-state index in [0.717, 1.165) is 31.4 Å². The maximum Gasteiger partial charge on any atom is 0.270 e. The van der Waals surface area contributed by atoms with Crippen LogP contribution in [-0.4, -0.2) is 64.1 Å². The summed E-state index contributed by atoms with van der Waals surface area (Å²) in [6, 6.07) is 8.30. The SMILES string of the molecule is CN(C(=O)c1cc2c(F)cc(F)cc2[nH]1)[C@@H](CC1CCC1)C(=O)N1C[C@]2(C[C@H]1C(N)=O)C(=O)Nc1ccccc12. The van der Waals surface area contributed by atoms with E-state index < -0.39 is 46.9 Å². The number of primary amides is 1. The molecule has 2 fully saturated rings. The van der Waals surface area contributed by atoms with Gasteiger partial charge in [-0.1, -0.05) is 37.5 Å². The number of nitrogens with one attached hydrogen (secondary N) is 2. The number of anilines is 1. The minimum Gasteiger partial charge on any atom is -0.368 e. The van der Waals surface area contributed by atoms with Crippen LogP contribution in [0.3, 0.4) is 0 Å². The topological polar surface area (TPSA) is 129 Å². The number of H-pyrrole nitrogens is 1. The predicted molar refractivity (Wildman–Crippen MR) is 142 cm³/mol. The summed E-state index contributed by atoms with van der Waals surface area (Å²) in [6.07, 6.45) is 3.23. The Morgan fingerprint density at radius 1 is 1.18 bits per heavy atom. The smallest absolute Gasteiger partial charge is 0.270 e. The lowest BCUT2D eigenvalue weighted by Crippen LogP contribution is -2.54. The molecule has 2 aromatic carbocycles. The van der Waals surface area contributed by atoms with Gasteiger partial charge in [0.25, 0.3) is 5.91 Å². The molecule has 6 rings (SSSR count). The number of likely N-dealkylation sites (tertiary alicyclic amines) is 1. The van der Waals surface area contributed by atoms with Crippen LogP contribution < -0.4 is 11.1 Å². The number of nitrogens with two attached hydrogens (primary N) is 1. The molecule has 3 aromatic rings. The third-order valence-corrected chi connectivity index (χ3v) is 8.83. The van der Waals surface area contributed by atoms with Gasteiger partial charge in [-0.15, -0.1) is 0 Å². The Hall–Kier alpha value is -4.28. The number of fused-ring (bicyclic) bond motifs is 3. The van der Waals surface area contributed by atoms with Gasteiger partial charge in [-0.25, -0.2) is 8.78 Å². The normalized spacial score (nSPS) is 22.7. The van der Waals surface area contributed by atoms with Crippen molar-refractivity contribution in [2.24, 2.45) is 11.7 Å². The Kier molecular flexibility index (Phi) is 6.12. The van der Waals surface area contributed by atoms with Crippen LogP contribution in [0.4, 0.5) is 14.5 Å². The number of aromatic nitrogens is 1. The number of amides is 4. The molecule has 1 aliphatic carbocycles. The number of nitrogens with zero attached hydrogens (tertiary/aromatic N) is 2. The van der Waals surface area contributed by atoms with E-state index in [4.69, 9.17) is 5.73 Å². The summed E-state index contributed by atoms with van der Waals surface area (Å²) >= 11 is 0. The monoisotopic (exact) mass is 549 g/mol. The van der Waals surface area contributed by atoms with Crippen LogP contribution in [0.15, 0.2) is 42.5 Å². The Morgan fingerprint density at radius 2 is 1.93 bits per heavy atom. The highest BCUT2D eigenvalue weighted by atomic mass is 19.1. The molecule has 0 unspecified atom stereocenters. The first kappa shape index (κ1) is 26.0. The van der Waals surface area contributed by atoms with Crippen molar-refractivity contribution in [2.75, 3.05) is 18.9 Å². The highest BCUT2D eigenvalue weighted by Gasteiger charge is 2.58. The van der Waals surface area contributed by atoms with Crippen molar-refractivity contribution in [1.82, 2.24) is 14.8 Å². The predicted octanol–water partition coefficient (Wildman–Crippen LogP) is 3.05. The van der Waals surface area contributed by atoms with E-state index in [1.165, 1.54) is 22.9 Å². The molecule has 1 aromatic heterocycles. The number of halogens is 2. The van der Waals surface area contributed by atoms with Crippen molar-refractivity contribution in [2.45, 2.75) is 49.6 Å². The first-order valence-electron chi connectivity index (χ1n) is 13.3. The van der Waals surface area contributed by atoms with E-state index in [2.05, 4.69) is 10.3 Å². The molecule has 208 valence electrons. The molecule has 1 spiro atoms. The molecular weight excluding hydrogens is 520 g/mol. The molecule has 1 saturated heterocycles. The molecule has 0 radical (unpaired) electrons. The highest BCUT2D eigenvalue weighted by Crippen LogP contribution is 2.47. The van der Waals surface area contributed by atoms with E-state index in [9.17, 15) is 28.0 Å². The molecule has 11 heteroatoms. The summed E-state index contributed by atoms with van der Waals surface area (Å²) < 4.78 is 28.1. The minimum atomic E-state index is -1.13. The number of likely N-dealkylation sites (N-methyl/N-ethyl adjacent to an activating group) is 1. The summed E-state index contributed by atoms with van der Waals surface area (Å²) in [7, 11) is 1.48. The number of benzene rings is 2. The zero-order valence-electron chi connectivity index (χ0n) is 21.9. The van der Waals surface area contributed by atoms with Crippen molar-refractivity contribution in [3.8, 4) is 0 Å². The first-order valence-corrected chi connectivity index (χ1v) is 13.3. The average Bonchev–Trinajstić information content (AvgIpc) is 3.57. The van der Waals surface area contributed by atoms with Crippen LogP contribution in [0, 0.1) is 17.6 Å². The number of aromatic amines is 1. The standard InChI is InChI=1S/C29H29F2N5O4/c1-35(26(38)22-12-17-19(31)10-16(30)11-21(17)33-22)23(9-15-5-4-6-15)27(39)36-14-29(13-24(36)25(32)37)18-7-2-3-8-20(18)34-28(29)40/h2-3,7-8,10-12,15,23-24,33H,4-6,9,13-14H2,1H3,(H2,32,37)(H,34,40)/t23-,24-,29-/m0/s1. The van der Waals surface area contributed by atoms with Gasteiger partial charge < -0.3 is 25.8 Å². The number of carbonyl (C=O) groups excluding carboxylic acids is 4. The molecular formula is C29H29F2N5O4. The number of hydrogen-bond donors (Lipinski definition) is 3. The summed E-state index contributed by atoms with van der Waals surface area (Å²) in [6.45, 7) is -0.0532. The molecule has 1 saturated carbocycles. The molecule has 3 heterocycles. The molecule has 9 nitrogen and oxygen atoms in total. The number of hydrogen-bond acceptors (Lipinski definition) is 4. The second kappa shape index (κ2) is 9.42. The lowest BCUT2D eigenvalue weighted by atomic mass is 9.79. The van der Waals surface area contributed by atoms with Gasteiger partial charge in [0.15, 0.2) is 0 Å². The lowest BCUT2D eigenvalue weighted by molar-refractivity contribution is -0.141. The molecule has 40 heavy (non-hydrogen) atoms. The number of carbonyl (C=O) groups is 4. The third-order valence-electron chi connectivity index (χ3n) is 8.83. The van der Waals surface area contributed by atoms with Crippen molar-refractivity contribution in [1.29, 1.82) is 0 Å². The van der Waals surface area contributed by atoms with Crippen LogP contribution >= 0.6 is 0 Å². The van der Waals surface area contributed by atoms with E-state index in [0.29, 0.717) is 17.7 Å². The Balaban J connectivity index is 1.33. The van der Waals surface area contributed by atoms with Crippen molar-refractivity contribution >= 4 is 40.2 Å². The van der Waals surface area contributed by atoms with Gasteiger partial charge in [-0.2, -0.15) is 0 Å². The first-order chi connectivity index (χ1) is 19.1. The van der Waals surface area contributed by atoms with Crippen LogP contribution in [0.5, 0.6) is 0 Å². The number of para-hydroxylation sites is 1. The molecule has 3 atom stereocenters. The second-order valence-electron chi connectivity index (χ2n) is 11.2. The fraction of sp³-hybridized carbons (Fsp3) is 0.379. The molecule has 3 aliphatic rings. The zero-order chi connectivity index (χ0) is 28.3. The molecule has 2 aliphatic heterocycles. The lowest BCUT2D eigenvalue weighted by Gasteiger charge is -2.37. The maximum atomic E-state index is 14.3. The van der Waals surface area contributed by atoms with Gasteiger partial charge in [-0.3, -0.25) is 19.2 Å². The van der Waals surface area contributed by atoms with E-state index >= 15 is 0 Å². The van der Waals surface area contributed by atoms with E-state index in [1.54, 1.807) is 24.3 Å². The summed E-state index contributed by atoms with van der Waals surface area (Å²) in [5.74, 6) is -3.48. The molecule has 0 bridgehead atoms. The van der Waals surface area contributed by atoms with Crippen LogP contribution in [0.1, 0.15) is 48.2 Å². The summed E-state index contributed by atoms with van der Waals surface area (Å²) in [5, 5.41) is 2.91. The van der Waals surface area contributed by atoms with Gasteiger partial charge >= 0.3 is 0 Å². The summed E-state index contributed by atoms with van der Waals surface area (Å²) in [4.78, 5) is 59.0. The zero-order valence-corrected chi connectivity index (χ0v) is 21.9. The maximum absolute atomic E-state index is 14.3. The minimum absolute atomic E-state index is 0.00171. The van der Waals surface area contributed by atoms with Crippen molar-refractivity contribution < 1.29 is 28.0 Å². The Morgan fingerprint density at radius 3 is 2.62 bits per heavy atom. The highest BCUT2D eigenvalue weighted by molar-refractivity contribution is 6.08. The van der Waals surface area contributed by atoms with E-state index in [1.807, 2.05) is 0 Å². The largest absolute Gasteiger partial charge is 0.368 e. The Labute approximate surface area is 228 Å².